The van der Waals surface area contributed by atoms with E-state index in [-0.39, 0.29) is 17.4 Å². The summed E-state index contributed by atoms with van der Waals surface area (Å²) in [6.45, 7) is 7.92. The normalized spacial score (nSPS) is 28.9. The van der Waals surface area contributed by atoms with Crippen LogP contribution in [0.4, 0.5) is 0 Å². The summed E-state index contributed by atoms with van der Waals surface area (Å²) in [5.74, 6) is 1.20. The molecule has 1 amide bonds. The molecule has 1 aromatic carbocycles. The third-order valence-corrected chi connectivity index (χ3v) is 4.39. The SMILES string of the molecule is CC(C)(C)C(=O)N[C@@H]1c2ccccc2[C@@H]2CNC[C@H]12. The topological polar surface area (TPSA) is 41.1 Å². The Hall–Kier alpha value is -1.35. The molecule has 2 aliphatic rings. The third-order valence-electron chi connectivity index (χ3n) is 4.39. The van der Waals surface area contributed by atoms with Gasteiger partial charge in [-0.1, -0.05) is 45.0 Å². The zero-order valence-corrected chi connectivity index (χ0v) is 11.9. The van der Waals surface area contributed by atoms with Gasteiger partial charge >= 0.3 is 0 Å². The second-order valence-electron chi connectivity index (χ2n) is 6.76. The molecule has 0 bridgehead atoms. The molecule has 0 spiro atoms. The van der Waals surface area contributed by atoms with Crippen LogP contribution < -0.4 is 10.6 Å². The Bertz CT molecular complexity index is 504. The Morgan fingerprint density at radius 1 is 1.21 bits per heavy atom. The van der Waals surface area contributed by atoms with Gasteiger partial charge in [0.25, 0.3) is 0 Å². The number of amides is 1. The standard InChI is InChI=1S/C16H22N2O/c1-16(2,3)15(19)18-14-11-7-5-4-6-10(11)12-8-17-9-13(12)14/h4-7,12-14,17H,8-9H2,1-3H3,(H,18,19)/t12-,13-,14+/m0/s1. The van der Waals surface area contributed by atoms with Gasteiger partial charge in [0, 0.05) is 30.3 Å². The first-order valence-electron chi connectivity index (χ1n) is 7.09. The minimum Gasteiger partial charge on any atom is -0.348 e. The number of fused-ring (bicyclic) bond motifs is 3. The van der Waals surface area contributed by atoms with Crippen molar-refractivity contribution in [3.8, 4) is 0 Å². The van der Waals surface area contributed by atoms with Gasteiger partial charge in [-0.25, -0.2) is 0 Å². The van der Waals surface area contributed by atoms with Gasteiger partial charge < -0.3 is 10.6 Å². The maximum absolute atomic E-state index is 12.3. The molecule has 0 saturated carbocycles. The number of carbonyl (C=O) groups excluding carboxylic acids is 1. The maximum atomic E-state index is 12.3. The van der Waals surface area contributed by atoms with Crippen LogP contribution in [-0.4, -0.2) is 19.0 Å². The van der Waals surface area contributed by atoms with Crippen LogP contribution in [0.5, 0.6) is 0 Å². The molecule has 1 saturated heterocycles. The Morgan fingerprint density at radius 3 is 2.58 bits per heavy atom. The molecule has 1 aliphatic heterocycles. The number of carbonyl (C=O) groups is 1. The summed E-state index contributed by atoms with van der Waals surface area (Å²) in [6, 6.07) is 8.72. The molecule has 102 valence electrons. The molecule has 2 N–H and O–H groups in total. The highest BCUT2D eigenvalue weighted by Crippen LogP contribution is 2.46. The number of hydrogen-bond donors (Lipinski definition) is 2. The summed E-state index contributed by atoms with van der Waals surface area (Å²) in [6.07, 6.45) is 0. The molecule has 1 heterocycles. The monoisotopic (exact) mass is 258 g/mol. The molecule has 3 rings (SSSR count). The fourth-order valence-corrected chi connectivity index (χ4v) is 3.29. The summed E-state index contributed by atoms with van der Waals surface area (Å²) in [7, 11) is 0. The third kappa shape index (κ3) is 2.06. The lowest BCUT2D eigenvalue weighted by Gasteiger charge is -2.25. The van der Waals surface area contributed by atoms with Crippen LogP contribution in [0.15, 0.2) is 24.3 Å². The smallest absolute Gasteiger partial charge is 0.225 e. The first-order valence-corrected chi connectivity index (χ1v) is 7.09. The van der Waals surface area contributed by atoms with Crippen molar-refractivity contribution in [2.24, 2.45) is 11.3 Å². The number of rotatable bonds is 1. The van der Waals surface area contributed by atoms with Gasteiger partial charge in [-0.05, 0) is 11.1 Å². The second kappa shape index (κ2) is 4.34. The lowest BCUT2D eigenvalue weighted by molar-refractivity contribution is -0.129. The summed E-state index contributed by atoms with van der Waals surface area (Å²) in [4.78, 5) is 12.3. The number of nitrogens with one attached hydrogen (secondary N) is 2. The van der Waals surface area contributed by atoms with Crippen LogP contribution in [0, 0.1) is 11.3 Å². The highest BCUT2D eigenvalue weighted by atomic mass is 16.2. The quantitative estimate of drug-likeness (QED) is 0.811. The minimum absolute atomic E-state index is 0.139. The Labute approximate surface area is 114 Å². The zero-order valence-electron chi connectivity index (χ0n) is 11.9. The molecule has 1 fully saturated rings. The van der Waals surface area contributed by atoms with E-state index in [0.717, 1.165) is 13.1 Å². The van der Waals surface area contributed by atoms with Crippen molar-refractivity contribution in [2.75, 3.05) is 13.1 Å². The number of benzene rings is 1. The van der Waals surface area contributed by atoms with Crippen LogP contribution in [0.25, 0.3) is 0 Å². The lowest BCUT2D eigenvalue weighted by atomic mass is 9.91. The van der Waals surface area contributed by atoms with Gasteiger partial charge in [-0.3, -0.25) is 4.79 Å². The largest absolute Gasteiger partial charge is 0.348 e. The summed E-state index contributed by atoms with van der Waals surface area (Å²) < 4.78 is 0. The van der Waals surface area contributed by atoms with E-state index in [1.54, 1.807) is 0 Å². The van der Waals surface area contributed by atoms with Crippen LogP contribution in [0.2, 0.25) is 0 Å². The van der Waals surface area contributed by atoms with Crippen molar-refractivity contribution in [2.45, 2.75) is 32.7 Å². The Balaban J connectivity index is 1.91. The van der Waals surface area contributed by atoms with Gasteiger partial charge in [0.05, 0.1) is 6.04 Å². The first-order chi connectivity index (χ1) is 8.98. The molecule has 3 atom stereocenters. The molecule has 3 heteroatoms. The van der Waals surface area contributed by atoms with Crippen molar-refractivity contribution < 1.29 is 4.79 Å². The summed E-state index contributed by atoms with van der Waals surface area (Å²) in [5, 5.41) is 6.72. The van der Waals surface area contributed by atoms with E-state index >= 15 is 0 Å². The van der Waals surface area contributed by atoms with E-state index in [0.29, 0.717) is 11.8 Å². The molecule has 19 heavy (non-hydrogen) atoms. The van der Waals surface area contributed by atoms with E-state index in [1.165, 1.54) is 11.1 Å². The first kappa shape index (κ1) is 12.7. The van der Waals surface area contributed by atoms with Crippen molar-refractivity contribution in [3.63, 3.8) is 0 Å². The molecule has 0 aromatic heterocycles. The van der Waals surface area contributed by atoms with Crippen molar-refractivity contribution in [1.29, 1.82) is 0 Å². The van der Waals surface area contributed by atoms with Gasteiger partial charge in [-0.15, -0.1) is 0 Å². The van der Waals surface area contributed by atoms with Crippen LogP contribution in [-0.2, 0) is 4.79 Å². The van der Waals surface area contributed by atoms with Gasteiger partial charge in [0.1, 0.15) is 0 Å². The Kier molecular flexibility index (Phi) is 2.90. The van der Waals surface area contributed by atoms with E-state index in [2.05, 4.69) is 34.9 Å². The Morgan fingerprint density at radius 2 is 1.89 bits per heavy atom. The van der Waals surface area contributed by atoms with Crippen LogP contribution in [0.3, 0.4) is 0 Å². The van der Waals surface area contributed by atoms with Gasteiger partial charge in [-0.2, -0.15) is 0 Å². The lowest BCUT2D eigenvalue weighted by Crippen LogP contribution is -2.39. The summed E-state index contributed by atoms with van der Waals surface area (Å²) >= 11 is 0. The predicted molar refractivity (Wildman–Crippen MR) is 75.9 cm³/mol. The van der Waals surface area contributed by atoms with Gasteiger partial charge in [0.15, 0.2) is 0 Å². The molecule has 0 unspecified atom stereocenters. The van der Waals surface area contributed by atoms with E-state index in [4.69, 9.17) is 0 Å². The minimum atomic E-state index is -0.334. The number of hydrogen-bond acceptors (Lipinski definition) is 2. The van der Waals surface area contributed by atoms with E-state index in [1.807, 2.05) is 20.8 Å². The van der Waals surface area contributed by atoms with Crippen LogP contribution >= 0.6 is 0 Å². The highest BCUT2D eigenvalue weighted by Gasteiger charge is 2.44. The van der Waals surface area contributed by atoms with E-state index in [9.17, 15) is 4.79 Å². The van der Waals surface area contributed by atoms with Crippen molar-refractivity contribution >= 4 is 5.91 Å². The molecular formula is C16H22N2O. The zero-order chi connectivity index (χ0) is 13.6. The van der Waals surface area contributed by atoms with Crippen LogP contribution in [0.1, 0.15) is 43.9 Å². The molecule has 1 aromatic rings. The molecular weight excluding hydrogens is 236 g/mol. The summed E-state index contributed by atoms with van der Waals surface area (Å²) in [5.41, 5.74) is 2.40. The fraction of sp³-hybridized carbons (Fsp3) is 0.562. The van der Waals surface area contributed by atoms with Crippen molar-refractivity contribution in [3.05, 3.63) is 35.4 Å². The average Bonchev–Trinajstić information content (AvgIpc) is 2.91. The maximum Gasteiger partial charge on any atom is 0.225 e. The fourth-order valence-electron chi connectivity index (χ4n) is 3.29. The van der Waals surface area contributed by atoms with E-state index < -0.39 is 0 Å². The van der Waals surface area contributed by atoms with Gasteiger partial charge in [0.2, 0.25) is 5.91 Å². The predicted octanol–water partition coefficient (Wildman–Crippen LogP) is 2.21. The average molecular weight is 258 g/mol. The molecule has 3 nitrogen and oxygen atoms in total. The molecule has 0 radical (unpaired) electrons. The highest BCUT2D eigenvalue weighted by molar-refractivity contribution is 5.82. The second-order valence-corrected chi connectivity index (χ2v) is 6.76. The van der Waals surface area contributed by atoms with Crippen molar-refractivity contribution in [1.82, 2.24) is 10.6 Å². The molecule has 1 aliphatic carbocycles.